The molecule has 0 saturated carbocycles. The third kappa shape index (κ3) is 3.73. The minimum absolute atomic E-state index is 0.0541. The molecule has 23 heavy (non-hydrogen) atoms. The molecule has 0 bridgehead atoms. The van der Waals surface area contributed by atoms with E-state index in [1.165, 1.54) is 11.8 Å². The number of hydrogen-bond donors (Lipinski definition) is 0. The van der Waals surface area contributed by atoms with E-state index in [1.54, 1.807) is 4.90 Å². The highest BCUT2D eigenvalue weighted by molar-refractivity contribution is 9.10. The molecule has 0 aliphatic rings. The maximum atomic E-state index is 12.3. The van der Waals surface area contributed by atoms with E-state index in [0.717, 1.165) is 20.8 Å². The van der Waals surface area contributed by atoms with Crippen molar-refractivity contribution in [2.24, 2.45) is 0 Å². The summed E-state index contributed by atoms with van der Waals surface area (Å²) in [5.74, 6) is 0.384. The Morgan fingerprint density at radius 2 is 2.00 bits per heavy atom. The topological polar surface area (TPSA) is 50.5 Å². The Labute approximate surface area is 146 Å². The van der Waals surface area contributed by atoms with Gasteiger partial charge in [0, 0.05) is 24.3 Å². The van der Waals surface area contributed by atoms with Crippen LogP contribution in [-0.4, -0.2) is 38.2 Å². The van der Waals surface area contributed by atoms with E-state index in [4.69, 9.17) is 0 Å². The lowest BCUT2D eigenvalue weighted by molar-refractivity contribution is -0.127. The number of halogens is 1. The first-order valence-corrected chi connectivity index (χ1v) is 8.83. The Balaban J connectivity index is 1.62. The van der Waals surface area contributed by atoms with Crippen LogP contribution >= 0.6 is 27.7 Å². The number of carbonyl (C=O) groups is 1. The van der Waals surface area contributed by atoms with E-state index in [9.17, 15) is 4.79 Å². The highest BCUT2D eigenvalue weighted by atomic mass is 79.9. The molecule has 0 fully saturated rings. The average Bonchev–Trinajstić information content (AvgIpc) is 2.98. The van der Waals surface area contributed by atoms with E-state index >= 15 is 0 Å². The van der Waals surface area contributed by atoms with Gasteiger partial charge in [0.05, 0.1) is 5.75 Å². The Hall–Kier alpha value is -1.86. The molecule has 0 saturated heterocycles. The third-order valence-corrected chi connectivity index (χ3v) is 5.10. The molecule has 118 valence electrons. The molecular formula is C16H15BrN4OS. The van der Waals surface area contributed by atoms with Gasteiger partial charge in [-0.05, 0) is 23.8 Å². The molecule has 3 aromatic rings. The van der Waals surface area contributed by atoms with Gasteiger partial charge in [-0.1, -0.05) is 52.0 Å². The molecule has 5 nitrogen and oxygen atoms in total. The largest absolute Gasteiger partial charge is 0.341 e. The summed E-state index contributed by atoms with van der Waals surface area (Å²) in [5, 5.41) is 8.93. The first-order valence-electron chi connectivity index (χ1n) is 7.05. The molecule has 0 radical (unpaired) electrons. The quantitative estimate of drug-likeness (QED) is 0.627. The van der Waals surface area contributed by atoms with E-state index in [0.29, 0.717) is 12.3 Å². The number of pyridine rings is 1. The number of carbonyl (C=O) groups excluding carboxylic acids is 1. The van der Waals surface area contributed by atoms with Crippen molar-refractivity contribution >= 4 is 39.2 Å². The first-order chi connectivity index (χ1) is 11.1. The van der Waals surface area contributed by atoms with Gasteiger partial charge in [0.1, 0.15) is 0 Å². The van der Waals surface area contributed by atoms with Crippen LogP contribution < -0.4 is 0 Å². The second-order valence-corrected chi connectivity index (χ2v) is 6.84. The zero-order valence-electron chi connectivity index (χ0n) is 12.5. The molecule has 2 aromatic heterocycles. The monoisotopic (exact) mass is 390 g/mol. The molecule has 0 atom stereocenters. The second-order valence-electron chi connectivity index (χ2n) is 5.04. The van der Waals surface area contributed by atoms with E-state index in [1.807, 2.05) is 60.1 Å². The maximum Gasteiger partial charge on any atom is 0.233 e. The third-order valence-electron chi connectivity index (χ3n) is 3.40. The fourth-order valence-corrected chi connectivity index (χ4v) is 3.40. The Kier molecular flexibility index (Phi) is 4.97. The van der Waals surface area contributed by atoms with Crippen molar-refractivity contribution in [3.63, 3.8) is 0 Å². The van der Waals surface area contributed by atoms with Gasteiger partial charge in [-0.2, -0.15) is 0 Å². The lowest BCUT2D eigenvalue weighted by Crippen LogP contribution is -2.28. The standard InChI is InChI=1S/C16H15BrN4OS/c1-20(10-12-6-2-3-7-13(12)17)15(22)11-23-16-19-18-14-8-4-5-9-21(14)16/h2-9H,10-11H2,1H3. The van der Waals surface area contributed by atoms with Gasteiger partial charge in [0.15, 0.2) is 10.8 Å². The molecule has 7 heteroatoms. The lowest BCUT2D eigenvalue weighted by Gasteiger charge is -2.17. The van der Waals surface area contributed by atoms with Crippen LogP contribution in [-0.2, 0) is 11.3 Å². The second kappa shape index (κ2) is 7.14. The number of aromatic nitrogens is 3. The first kappa shape index (κ1) is 16.0. The van der Waals surface area contributed by atoms with E-state index in [2.05, 4.69) is 26.1 Å². The number of fused-ring (bicyclic) bond motifs is 1. The summed E-state index contributed by atoms with van der Waals surface area (Å²) in [6.45, 7) is 0.571. The van der Waals surface area contributed by atoms with Crippen molar-refractivity contribution in [2.75, 3.05) is 12.8 Å². The number of hydrogen-bond acceptors (Lipinski definition) is 4. The van der Waals surface area contributed by atoms with Crippen molar-refractivity contribution in [3.05, 3.63) is 58.7 Å². The highest BCUT2D eigenvalue weighted by Crippen LogP contribution is 2.19. The zero-order valence-corrected chi connectivity index (χ0v) is 14.9. The molecule has 1 aromatic carbocycles. The van der Waals surface area contributed by atoms with Crippen LogP contribution in [0.15, 0.2) is 58.3 Å². The predicted octanol–water partition coefficient (Wildman–Crippen LogP) is 3.24. The molecule has 2 heterocycles. The number of benzene rings is 1. The van der Waals surface area contributed by atoms with Gasteiger partial charge in [0.25, 0.3) is 0 Å². The van der Waals surface area contributed by atoms with Gasteiger partial charge in [-0.25, -0.2) is 0 Å². The fraction of sp³-hybridized carbons (Fsp3) is 0.188. The number of nitrogens with zero attached hydrogens (tertiary/aromatic N) is 4. The maximum absolute atomic E-state index is 12.3. The van der Waals surface area contributed by atoms with Crippen LogP contribution in [0.2, 0.25) is 0 Å². The predicted molar refractivity (Wildman–Crippen MR) is 94.3 cm³/mol. The zero-order chi connectivity index (χ0) is 16.2. The molecule has 0 aliphatic carbocycles. The van der Waals surface area contributed by atoms with Gasteiger partial charge in [-0.15, -0.1) is 10.2 Å². The van der Waals surface area contributed by atoms with Crippen molar-refractivity contribution in [3.8, 4) is 0 Å². The Bertz CT molecular complexity index is 836. The van der Waals surface area contributed by atoms with Gasteiger partial charge < -0.3 is 4.90 Å². The summed E-state index contributed by atoms with van der Waals surface area (Å²) in [4.78, 5) is 14.0. The molecule has 0 N–H and O–H groups in total. The van der Waals surface area contributed by atoms with Crippen LogP contribution in [0, 0.1) is 0 Å². The summed E-state index contributed by atoms with van der Waals surface area (Å²) in [7, 11) is 1.81. The van der Waals surface area contributed by atoms with Crippen LogP contribution in [0.25, 0.3) is 5.65 Å². The Morgan fingerprint density at radius 3 is 2.83 bits per heavy atom. The fourth-order valence-electron chi connectivity index (χ4n) is 2.12. The highest BCUT2D eigenvalue weighted by Gasteiger charge is 2.13. The number of thioether (sulfide) groups is 1. The summed E-state index contributed by atoms with van der Waals surface area (Å²) in [6.07, 6.45) is 1.90. The van der Waals surface area contributed by atoms with Crippen LogP contribution in [0.4, 0.5) is 0 Å². The minimum atomic E-state index is 0.0541. The van der Waals surface area contributed by atoms with Gasteiger partial charge >= 0.3 is 0 Å². The van der Waals surface area contributed by atoms with Crippen molar-refractivity contribution < 1.29 is 4.79 Å². The van der Waals surface area contributed by atoms with Crippen LogP contribution in [0.1, 0.15) is 5.56 Å². The molecule has 0 unspecified atom stereocenters. The van der Waals surface area contributed by atoms with E-state index in [-0.39, 0.29) is 5.91 Å². The Morgan fingerprint density at radius 1 is 1.22 bits per heavy atom. The van der Waals surface area contributed by atoms with Crippen LogP contribution in [0.5, 0.6) is 0 Å². The minimum Gasteiger partial charge on any atom is -0.341 e. The smallest absolute Gasteiger partial charge is 0.233 e. The summed E-state index contributed by atoms with van der Waals surface area (Å²) >= 11 is 4.90. The molecular weight excluding hydrogens is 376 g/mol. The summed E-state index contributed by atoms with van der Waals surface area (Å²) in [5.41, 5.74) is 1.87. The number of rotatable bonds is 5. The van der Waals surface area contributed by atoms with Gasteiger partial charge in [0.2, 0.25) is 5.91 Å². The molecule has 3 rings (SSSR count). The van der Waals surface area contributed by atoms with Gasteiger partial charge in [-0.3, -0.25) is 9.20 Å². The summed E-state index contributed by atoms with van der Waals surface area (Å²) < 4.78 is 2.89. The van der Waals surface area contributed by atoms with Crippen molar-refractivity contribution in [1.82, 2.24) is 19.5 Å². The van der Waals surface area contributed by atoms with Crippen molar-refractivity contribution in [2.45, 2.75) is 11.7 Å². The molecule has 1 amide bonds. The van der Waals surface area contributed by atoms with E-state index < -0.39 is 0 Å². The normalized spacial score (nSPS) is 10.9. The molecule has 0 aliphatic heterocycles. The SMILES string of the molecule is CN(Cc1ccccc1Br)C(=O)CSc1nnc2ccccn12. The summed E-state index contributed by atoms with van der Waals surface area (Å²) in [6, 6.07) is 13.6. The lowest BCUT2D eigenvalue weighted by atomic mass is 10.2. The number of amides is 1. The average molecular weight is 391 g/mol. The van der Waals surface area contributed by atoms with Crippen molar-refractivity contribution in [1.29, 1.82) is 0 Å². The molecule has 0 spiro atoms. The van der Waals surface area contributed by atoms with Crippen LogP contribution in [0.3, 0.4) is 0 Å².